The van der Waals surface area contributed by atoms with E-state index in [4.69, 9.17) is 15.2 Å². The topological polar surface area (TPSA) is 47.7 Å². The van der Waals surface area contributed by atoms with Crippen LogP contribution in [-0.2, 0) is 11.3 Å². The predicted octanol–water partition coefficient (Wildman–Crippen LogP) is 2.30. The van der Waals surface area contributed by atoms with E-state index in [9.17, 15) is 0 Å². The van der Waals surface area contributed by atoms with Crippen molar-refractivity contribution in [1.82, 2.24) is 0 Å². The standard InChI is InChI=1S/C16H24N2O2/c1-19-13-7-6-12(11-17)15(10-13)18-8-9-20-16-5-3-2-4-14(16)18/h6-7,10,14,16H,2-5,8-9,11,17H2,1H3. The monoisotopic (exact) mass is 276 g/mol. The smallest absolute Gasteiger partial charge is 0.120 e. The average molecular weight is 276 g/mol. The average Bonchev–Trinajstić information content (AvgIpc) is 2.53. The highest BCUT2D eigenvalue weighted by molar-refractivity contribution is 5.58. The molecule has 0 amide bonds. The van der Waals surface area contributed by atoms with Crippen molar-refractivity contribution in [2.45, 2.75) is 44.4 Å². The van der Waals surface area contributed by atoms with E-state index in [0.29, 0.717) is 18.7 Å². The second-order valence-corrected chi connectivity index (χ2v) is 5.65. The fraction of sp³-hybridized carbons (Fsp3) is 0.625. The van der Waals surface area contributed by atoms with E-state index in [-0.39, 0.29) is 0 Å². The summed E-state index contributed by atoms with van der Waals surface area (Å²) in [7, 11) is 1.71. The molecule has 2 fully saturated rings. The lowest BCUT2D eigenvalue weighted by molar-refractivity contribution is -0.00874. The van der Waals surface area contributed by atoms with E-state index < -0.39 is 0 Å². The largest absolute Gasteiger partial charge is 0.497 e. The molecular formula is C16H24N2O2. The van der Waals surface area contributed by atoms with Gasteiger partial charge in [-0.2, -0.15) is 0 Å². The number of anilines is 1. The number of nitrogens with zero attached hydrogens (tertiary/aromatic N) is 1. The Balaban J connectivity index is 1.93. The normalized spacial score (nSPS) is 26.2. The van der Waals surface area contributed by atoms with Gasteiger partial charge in [-0.05, 0) is 24.5 Å². The van der Waals surface area contributed by atoms with Crippen LogP contribution in [0, 0.1) is 0 Å². The Morgan fingerprint density at radius 3 is 3.00 bits per heavy atom. The van der Waals surface area contributed by atoms with Crippen molar-refractivity contribution in [3.8, 4) is 5.75 Å². The van der Waals surface area contributed by atoms with Crippen LogP contribution in [0.4, 0.5) is 5.69 Å². The molecule has 0 spiro atoms. The van der Waals surface area contributed by atoms with Gasteiger partial charge in [-0.15, -0.1) is 0 Å². The van der Waals surface area contributed by atoms with Crippen LogP contribution in [0.2, 0.25) is 0 Å². The van der Waals surface area contributed by atoms with Gasteiger partial charge >= 0.3 is 0 Å². The Kier molecular flexibility index (Phi) is 4.13. The Bertz CT molecular complexity index is 462. The molecule has 0 bridgehead atoms. The van der Waals surface area contributed by atoms with E-state index in [2.05, 4.69) is 17.0 Å². The fourth-order valence-electron chi connectivity index (χ4n) is 3.51. The first-order valence-corrected chi connectivity index (χ1v) is 7.58. The third-order valence-corrected chi connectivity index (χ3v) is 4.55. The summed E-state index contributed by atoms with van der Waals surface area (Å²) in [5.41, 5.74) is 8.34. The lowest BCUT2D eigenvalue weighted by Gasteiger charge is -2.45. The minimum atomic E-state index is 0.384. The maximum Gasteiger partial charge on any atom is 0.120 e. The van der Waals surface area contributed by atoms with E-state index in [1.54, 1.807) is 7.11 Å². The summed E-state index contributed by atoms with van der Waals surface area (Å²) in [6, 6.07) is 6.69. The predicted molar refractivity (Wildman–Crippen MR) is 80.2 cm³/mol. The Hall–Kier alpha value is -1.26. The fourth-order valence-corrected chi connectivity index (χ4v) is 3.51. The van der Waals surface area contributed by atoms with Crippen LogP contribution in [-0.4, -0.2) is 32.4 Å². The van der Waals surface area contributed by atoms with Crippen molar-refractivity contribution >= 4 is 5.69 Å². The van der Waals surface area contributed by atoms with Crippen molar-refractivity contribution in [2.24, 2.45) is 5.73 Å². The highest BCUT2D eigenvalue weighted by Crippen LogP contribution is 2.35. The second-order valence-electron chi connectivity index (χ2n) is 5.65. The van der Waals surface area contributed by atoms with Gasteiger partial charge in [0, 0.05) is 24.8 Å². The molecule has 1 saturated carbocycles. The molecule has 4 heteroatoms. The maximum atomic E-state index is 5.96. The summed E-state index contributed by atoms with van der Waals surface area (Å²) >= 11 is 0. The van der Waals surface area contributed by atoms with Gasteiger partial charge in [-0.3, -0.25) is 0 Å². The number of morpholine rings is 1. The molecule has 4 nitrogen and oxygen atoms in total. The summed E-state index contributed by atoms with van der Waals surface area (Å²) < 4.78 is 11.3. The van der Waals surface area contributed by atoms with Gasteiger partial charge in [0.15, 0.2) is 0 Å². The molecule has 2 aliphatic rings. The first-order valence-electron chi connectivity index (χ1n) is 7.58. The number of fused-ring (bicyclic) bond motifs is 1. The zero-order valence-electron chi connectivity index (χ0n) is 12.2. The Morgan fingerprint density at radius 2 is 2.20 bits per heavy atom. The van der Waals surface area contributed by atoms with Gasteiger partial charge in [0.2, 0.25) is 0 Å². The van der Waals surface area contributed by atoms with Crippen molar-refractivity contribution < 1.29 is 9.47 Å². The number of nitrogens with two attached hydrogens (primary N) is 1. The first kappa shape index (κ1) is 13.7. The first-order chi connectivity index (χ1) is 9.83. The van der Waals surface area contributed by atoms with E-state index in [0.717, 1.165) is 18.9 Å². The van der Waals surface area contributed by atoms with E-state index >= 15 is 0 Å². The second kappa shape index (κ2) is 6.02. The van der Waals surface area contributed by atoms with Crippen molar-refractivity contribution in [1.29, 1.82) is 0 Å². The summed E-state index contributed by atoms with van der Waals surface area (Å²) in [5.74, 6) is 0.899. The molecule has 2 unspecified atom stereocenters. The number of rotatable bonds is 3. The minimum Gasteiger partial charge on any atom is -0.497 e. The molecule has 1 aromatic rings. The molecule has 1 saturated heterocycles. The molecule has 110 valence electrons. The third kappa shape index (κ3) is 2.50. The molecule has 1 aromatic carbocycles. The number of ether oxygens (including phenoxy) is 2. The summed E-state index contributed by atoms with van der Waals surface area (Å²) in [6.45, 7) is 2.32. The maximum absolute atomic E-state index is 5.96. The van der Waals surface area contributed by atoms with Gasteiger partial charge in [0.05, 0.1) is 25.9 Å². The van der Waals surface area contributed by atoms with Crippen LogP contribution in [0.5, 0.6) is 5.75 Å². The molecule has 0 aromatic heterocycles. The van der Waals surface area contributed by atoms with Crippen LogP contribution in [0.15, 0.2) is 18.2 Å². The quantitative estimate of drug-likeness (QED) is 0.920. The number of hydrogen-bond acceptors (Lipinski definition) is 4. The molecule has 1 aliphatic carbocycles. The lowest BCUT2D eigenvalue weighted by atomic mass is 9.89. The number of hydrogen-bond donors (Lipinski definition) is 1. The van der Waals surface area contributed by atoms with Crippen molar-refractivity contribution in [2.75, 3.05) is 25.2 Å². The SMILES string of the molecule is COc1ccc(CN)c(N2CCOC3CCCCC32)c1. The van der Waals surface area contributed by atoms with Gasteiger partial charge in [0.1, 0.15) is 5.75 Å². The van der Waals surface area contributed by atoms with E-state index in [1.165, 1.54) is 36.9 Å². The van der Waals surface area contributed by atoms with Crippen LogP contribution in [0.1, 0.15) is 31.2 Å². The Morgan fingerprint density at radius 1 is 1.35 bits per heavy atom. The van der Waals surface area contributed by atoms with Crippen LogP contribution < -0.4 is 15.4 Å². The van der Waals surface area contributed by atoms with Crippen molar-refractivity contribution in [3.05, 3.63) is 23.8 Å². The summed E-state index contributed by atoms with van der Waals surface area (Å²) in [5, 5.41) is 0. The van der Waals surface area contributed by atoms with Gasteiger partial charge in [-0.25, -0.2) is 0 Å². The van der Waals surface area contributed by atoms with Gasteiger partial charge in [-0.1, -0.05) is 18.9 Å². The molecular weight excluding hydrogens is 252 g/mol. The van der Waals surface area contributed by atoms with Crippen LogP contribution in [0.3, 0.4) is 0 Å². The van der Waals surface area contributed by atoms with Crippen LogP contribution >= 0.6 is 0 Å². The lowest BCUT2D eigenvalue weighted by Crippen LogP contribution is -2.53. The van der Waals surface area contributed by atoms with E-state index in [1.807, 2.05) is 6.07 Å². The highest BCUT2D eigenvalue weighted by Gasteiger charge is 2.35. The minimum absolute atomic E-state index is 0.384. The molecule has 1 heterocycles. The zero-order valence-corrected chi connectivity index (χ0v) is 12.2. The molecule has 1 aliphatic heterocycles. The van der Waals surface area contributed by atoms with Gasteiger partial charge in [0.25, 0.3) is 0 Å². The van der Waals surface area contributed by atoms with Crippen molar-refractivity contribution in [3.63, 3.8) is 0 Å². The van der Waals surface area contributed by atoms with Gasteiger partial charge < -0.3 is 20.1 Å². The highest BCUT2D eigenvalue weighted by atomic mass is 16.5. The molecule has 2 atom stereocenters. The number of methoxy groups -OCH3 is 1. The summed E-state index contributed by atoms with van der Waals surface area (Å²) in [6.07, 6.45) is 5.36. The Labute approximate surface area is 120 Å². The summed E-state index contributed by atoms with van der Waals surface area (Å²) in [4.78, 5) is 2.50. The zero-order chi connectivity index (χ0) is 13.9. The molecule has 20 heavy (non-hydrogen) atoms. The third-order valence-electron chi connectivity index (χ3n) is 4.55. The van der Waals surface area contributed by atoms with Crippen LogP contribution in [0.25, 0.3) is 0 Å². The molecule has 2 N–H and O–H groups in total. The molecule has 0 radical (unpaired) electrons. The number of benzene rings is 1. The molecule has 3 rings (SSSR count).